The molecule has 9 heteroatoms. The van der Waals surface area contributed by atoms with Gasteiger partial charge in [0, 0.05) is 37.0 Å². The predicted octanol–water partition coefficient (Wildman–Crippen LogP) is 0.0200. The fourth-order valence-corrected chi connectivity index (χ4v) is 2.42. The van der Waals surface area contributed by atoms with Crippen LogP contribution in [0.3, 0.4) is 0 Å². The van der Waals surface area contributed by atoms with Crippen LogP contribution in [0.2, 0.25) is 0 Å². The van der Waals surface area contributed by atoms with E-state index in [9.17, 15) is 4.79 Å². The molecule has 1 saturated heterocycles. The van der Waals surface area contributed by atoms with E-state index in [1.54, 1.807) is 17.2 Å². The number of amides is 1. The minimum atomic E-state index is -0.0843. The number of pyridine rings is 1. The minimum Gasteiger partial charge on any atom is -0.336 e. The largest absolute Gasteiger partial charge is 0.336 e. The molecule has 0 aromatic carbocycles. The summed E-state index contributed by atoms with van der Waals surface area (Å²) in [5.41, 5.74) is 1.44. The molecule has 22 heavy (non-hydrogen) atoms. The number of nitrogens with zero attached hydrogens (tertiary/aromatic N) is 7. The summed E-state index contributed by atoms with van der Waals surface area (Å²) >= 11 is 0. The molecule has 1 amide bonds. The quantitative estimate of drug-likeness (QED) is 0.730. The van der Waals surface area contributed by atoms with Crippen LogP contribution in [0.25, 0.3) is 5.82 Å². The Morgan fingerprint density at radius 2 is 2.23 bits per heavy atom. The maximum absolute atomic E-state index is 12.4. The van der Waals surface area contributed by atoms with Gasteiger partial charge in [0.05, 0.1) is 0 Å². The van der Waals surface area contributed by atoms with E-state index in [0.29, 0.717) is 30.5 Å². The average Bonchev–Trinajstić information content (AvgIpc) is 3.18. The first-order valence-corrected chi connectivity index (χ1v) is 6.80. The molecule has 0 radical (unpaired) electrons. The monoisotopic (exact) mass is 296 g/mol. The molecule has 0 atom stereocenters. The second-order valence-electron chi connectivity index (χ2n) is 5.06. The van der Waals surface area contributed by atoms with Crippen LogP contribution in [0, 0.1) is 0 Å². The van der Waals surface area contributed by atoms with Crippen molar-refractivity contribution in [3.8, 4) is 5.82 Å². The number of aromatic amines is 1. The molecule has 1 fully saturated rings. The lowest BCUT2D eigenvalue weighted by molar-refractivity contribution is 0.0592. The zero-order valence-electron chi connectivity index (χ0n) is 11.5. The molecule has 0 bridgehead atoms. The lowest BCUT2D eigenvalue weighted by Crippen LogP contribution is -2.48. The summed E-state index contributed by atoms with van der Waals surface area (Å²) in [6.07, 6.45) is 3.19. The van der Waals surface area contributed by atoms with Gasteiger partial charge in [0.1, 0.15) is 12.0 Å². The first-order chi connectivity index (χ1) is 10.8. The number of carbonyl (C=O) groups is 1. The van der Waals surface area contributed by atoms with Gasteiger partial charge in [0.15, 0.2) is 5.82 Å². The Labute approximate surface area is 125 Å². The van der Waals surface area contributed by atoms with E-state index in [1.807, 2.05) is 18.2 Å². The highest BCUT2D eigenvalue weighted by molar-refractivity contribution is 5.93. The molecule has 4 rings (SSSR count). The zero-order valence-corrected chi connectivity index (χ0v) is 11.5. The summed E-state index contributed by atoms with van der Waals surface area (Å²) in [5, 5.41) is 17.6. The molecule has 9 nitrogen and oxygen atoms in total. The highest BCUT2D eigenvalue weighted by Crippen LogP contribution is 2.26. The van der Waals surface area contributed by atoms with Crippen LogP contribution >= 0.6 is 0 Å². The third-order valence-electron chi connectivity index (χ3n) is 3.65. The van der Waals surface area contributed by atoms with Gasteiger partial charge in [-0.15, -0.1) is 5.10 Å². The van der Waals surface area contributed by atoms with Gasteiger partial charge in [0.2, 0.25) is 0 Å². The van der Waals surface area contributed by atoms with E-state index >= 15 is 0 Å². The Morgan fingerprint density at radius 3 is 2.95 bits per heavy atom. The average molecular weight is 296 g/mol. The molecule has 3 aromatic heterocycles. The lowest BCUT2D eigenvalue weighted by atomic mass is 9.95. The van der Waals surface area contributed by atoms with Crippen LogP contribution in [-0.2, 0) is 0 Å². The fraction of sp³-hybridized carbons (Fsp3) is 0.231. The molecule has 0 saturated carbocycles. The van der Waals surface area contributed by atoms with Crippen LogP contribution in [0.1, 0.15) is 22.1 Å². The second-order valence-corrected chi connectivity index (χ2v) is 5.06. The number of aromatic nitrogens is 7. The number of tetrazole rings is 1. The van der Waals surface area contributed by atoms with Gasteiger partial charge in [-0.2, -0.15) is 9.78 Å². The minimum absolute atomic E-state index is 0.0843. The van der Waals surface area contributed by atoms with Crippen molar-refractivity contribution in [2.45, 2.75) is 5.92 Å². The first-order valence-electron chi connectivity index (χ1n) is 6.80. The third-order valence-corrected chi connectivity index (χ3v) is 3.65. The van der Waals surface area contributed by atoms with Crippen molar-refractivity contribution >= 4 is 5.91 Å². The van der Waals surface area contributed by atoms with E-state index in [-0.39, 0.29) is 5.91 Å². The summed E-state index contributed by atoms with van der Waals surface area (Å²) in [6.45, 7) is 1.32. The van der Waals surface area contributed by atoms with E-state index in [0.717, 1.165) is 5.69 Å². The number of H-pyrrole nitrogens is 1. The number of nitrogens with one attached hydrogen (secondary N) is 1. The molecule has 4 heterocycles. The molecule has 0 spiro atoms. The standard InChI is InChI=1S/C13H12N8O/c22-13(11-5-12(17-16-11)21-8-15-18-19-21)20-6-9(7-20)10-3-1-2-4-14-10/h1-5,8-9H,6-7H2,(H,16,17). The van der Waals surface area contributed by atoms with Crippen LogP contribution in [0.5, 0.6) is 0 Å². The van der Waals surface area contributed by atoms with Gasteiger partial charge in [0.25, 0.3) is 5.91 Å². The van der Waals surface area contributed by atoms with Gasteiger partial charge in [-0.1, -0.05) is 6.07 Å². The highest BCUT2D eigenvalue weighted by Gasteiger charge is 2.33. The van der Waals surface area contributed by atoms with E-state index in [1.165, 1.54) is 11.0 Å². The van der Waals surface area contributed by atoms with Crippen molar-refractivity contribution in [1.29, 1.82) is 0 Å². The highest BCUT2D eigenvalue weighted by atomic mass is 16.2. The normalized spacial score (nSPS) is 14.8. The molecule has 110 valence electrons. The molecule has 1 aliphatic rings. The van der Waals surface area contributed by atoms with Crippen molar-refractivity contribution in [1.82, 2.24) is 40.3 Å². The third kappa shape index (κ3) is 2.12. The number of hydrogen-bond donors (Lipinski definition) is 1. The Balaban J connectivity index is 1.44. The van der Waals surface area contributed by atoms with Gasteiger partial charge < -0.3 is 4.90 Å². The smallest absolute Gasteiger partial charge is 0.271 e. The van der Waals surface area contributed by atoms with Crippen molar-refractivity contribution in [3.05, 3.63) is 48.2 Å². The number of rotatable bonds is 3. The summed E-state index contributed by atoms with van der Waals surface area (Å²) in [7, 11) is 0. The molecular formula is C13H12N8O. The summed E-state index contributed by atoms with van der Waals surface area (Å²) in [5.74, 6) is 0.696. The Kier molecular flexibility index (Phi) is 2.88. The summed E-state index contributed by atoms with van der Waals surface area (Å²) < 4.78 is 1.39. The van der Waals surface area contributed by atoms with Crippen LogP contribution in [-0.4, -0.2) is 59.3 Å². The van der Waals surface area contributed by atoms with Gasteiger partial charge in [-0.05, 0) is 22.6 Å². The Morgan fingerprint density at radius 1 is 1.32 bits per heavy atom. The van der Waals surface area contributed by atoms with Crippen molar-refractivity contribution in [2.24, 2.45) is 0 Å². The maximum atomic E-state index is 12.4. The van der Waals surface area contributed by atoms with E-state index < -0.39 is 0 Å². The lowest BCUT2D eigenvalue weighted by Gasteiger charge is -2.38. The molecule has 0 unspecified atom stereocenters. The number of likely N-dealkylation sites (tertiary alicyclic amines) is 1. The Bertz CT molecular complexity index is 776. The molecule has 0 aliphatic carbocycles. The zero-order chi connectivity index (χ0) is 14.9. The summed E-state index contributed by atoms with van der Waals surface area (Å²) in [4.78, 5) is 18.4. The molecule has 1 N–H and O–H groups in total. The molecular weight excluding hydrogens is 284 g/mol. The SMILES string of the molecule is O=C(c1cc(-n2cnnn2)n[nH]1)N1CC(c2ccccn2)C1. The summed E-state index contributed by atoms with van der Waals surface area (Å²) in [6, 6.07) is 7.46. The van der Waals surface area contributed by atoms with E-state index in [2.05, 4.69) is 30.7 Å². The number of carbonyl (C=O) groups excluding carboxylic acids is 1. The van der Waals surface area contributed by atoms with Crippen molar-refractivity contribution in [3.63, 3.8) is 0 Å². The van der Waals surface area contributed by atoms with Crippen molar-refractivity contribution in [2.75, 3.05) is 13.1 Å². The van der Waals surface area contributed by atoms with Gasteiger partial charge >= 0.3 is 0 Å². The molecule has 3 aromatic rings. The Hall–Kier alpha value is -3.10. The van der Waals surface area contributed by atoms with Crippen LogP contribution < -0.4 is 0 Å². The van der Waals surface area contributed by atoms with Crippen LogP contribution in [0.4, 0.5) is 0 Å². The van der Waals surface area contributed by atoms with Crippen molar-refractivity contribution < 1.29 is 4.79 Å². The topological polar surface area (TPSA) is 105 Å². The van der Waals surface area contributed by atoms with Gasteiger partial charge in [-0.25, -0.2) is 0 Å². The van der Waals surface area contributed by atoms with E-state index in [4.69, 9.17) is 0 Å². The second kappa shape index (κ2) is 5.02. The van der Waals surface area contributed by atoms with Crippen LogP contribution in [0.15, 0.2) is 36.8 Å². The first kappa shape index (κ1) is 12.6. The number of hydrogen-bond acceptors (Lipinski definition) is 6. The molecule has 1 aliphatic heterocycles. The van der Waals surface area contributed by atoms with Gasteiger partial charge in [-0.3, -0.25) is 14.9 Å². The predicted molar refractivity (Wildman–Crippen MR) is 74.2 cm³/mol. The fourth-order valence-electron chi connectivity index (χ4n) is 2.42. The maximum Gasteiger partial charge on any atom is 0.271 e.